The highest BCUT2D eigenvalue weighted by molar-refractivity contribution is 5.54. The summed E-state index contributed by atoms with van der Waals surface area (Å²) in [4.78, 5) is 11.8. The predicted octanol–water partition coefficient (Wildman–Crippen LogP) is -1.22. The molecule has 4 atom stereocenters. The van der Waals surface area contributed by atoms with E-state index in [2.05, 4.69) is 0 Å². The molecule has 0 radical (unpaired) electrons. The van der Waals surface area contributed by atoms with Gasteiger partial charge in [-0.25, -0.2) is 0 Å². The number of nitrogens with zero attached hydrogens (tertiary/aromatic N) is 2. The summed E-state index contributed by atoms with van der Waals surface area (Å²) in [5, 5.41) is 58.0. The monoisotopic (exact) mass is 330 g/mol. The van der Waals surface area contributed by atoms with Crippen molar-refractivity contribution < 1.29 is 30.5 Å². The van der Waals surface area contributed by atoms with Crippen molar-refractivity contribution in [2.24, 2.45) is 0 Å². The number of aryl methyl sites for hydroxylation is 1. The zero-order valence-electron chi connectivity index (χ0n) is 12.9. The molecule has 1 aromatic rings. The van der Waals surface area contributed by atoms with Crippen LogP contribution in [0.4, 0.5) is 11.4 Å². The molecule has 0 saturated heterocycles. The number of nitro benzene ring substituents is 1. The summed E-state index contributed by atoms with van der Waals surface area (Å²) in [6, 6.07) is 4.41. The first-order valence-electron chi connectivity index (χ1n) is 6.98. The van der Waals surface area contributed by atoms with Crippen LogP contribution < -0.4 is 4.90 Å². The highest BCUT2D eigenvalue weighted by atomic mass is 16.6. The smallest absolute Gasteiger partial charge is 0.272 e. The zero-order chi connectivity index (χ0) is 17.7. The van der Waals surface area contributed by atoms with Crippen LogP contribution in [0.2, 0.25) is 0 Å². The van der Waals surface area contributed by atoms with Crippen LogP contribution in [0.3, 0.4) is 0 Å². The summed E-state index contributed by atoms with van der Waals surface area (Å²) < 4.78 is 0. The lowest BCUT2D eigenvalue weighted by Gasteiger charge is -2.29. The number of anilines is 1. The Morgan fingerprint density at radius 1 is 1.17 bits per heavy atom. The quantitative estimate of drug-likeness (QED) is 0.294. The molecule has 0 aliphatic rings. The Bertz CT molecular complexity index is 540. The van der Waals surface area contributed by atoms with Gasteiger partial charge in [0, 0.05) is 30.9 Å². The van der Waals surface area contributed by atoms with Crippen molar-refractivity contribution in [2.75, 3.05) is 25.1 Å². The molecule has 0 amide bonds. The van der Waals surface area contributed by atoms with Gasteiger partial charge in [-0.1, -0.05) is 0 Å². The Kier molecular flexibility index (Phi) is 6.85. The molecular formula is C14H22N2O7. The number of aliphatic hydroxyl groups excluding tert-OH is 5. The molecule has 0 spiro atoms. The van der Waals surface area contributed by atoms with Gasteiger partial charge in [0.15, 0.2) is 0 Å². The van der Waals surface area contributed by atoms with Crippen molar-refractivity contribution in [3.8, 4) is 0 Å². The largest absolute Gasteiger partial charge is 0.394 e. The van der Waals surface area contributed by atoms with Gasteiger partial charge in [0.05, 0.1) is 17.6 Å². The Balaban J connectivity index is 2.77. The van der Waals surface area contributed by atoms with Gasteiger partial charge in [0.2, 0.25) is 0 Å². The summed E-state index contributed by atoms with van der Waals surface area (Å²) >= 11 is 0. The van der Waals surface area contributed by atoms with Crippen LogP contribution in [-0.2, 0) is 0 Å². The second-order valence-electron chi connectivity index (χ2n) is 5.41. The second-order valence-corrected chi connectivity index (χ2v) is 5.41. The molecule has 130 valence electrons. The van der Waals surface area contributed by atoms with E-state index in [1.807, 2.05) is 0 Å². The van der Waals surface area contributed by atoms with Crippen LogP contribution in [0.15, 0.2) is 18.2 Å². The standard InChI is InChI=1S/C14H22N2O7/c1-8-5-9(3-4-10(8)16(22)23)15(2)6-11(18)13(20)14(21)12(19)7-17/h3-5,11-14,17-21H,6-7H2,1-2H3/t11-,12+,13+,14-/m0/s1. The molecule has 1 aromatic carbocycles. The van der Waals surface area contributed by atoms with E-state index in [0.29, 0.717) is 11.3 Å². The Morgan fingerprint density at radius 3 is 2.22 bits per heavy atom. The number of hydrogen-bond donors (Lipinski definition) is 5. The van der Waals surface area contributed by atoms with Crippen LogP contribution in [0.5, 0.6) is 0 Å². The van der Waals surface area contributed by atoms with E-state index in [0.717, 1.165) is 0 Å². The van der Waals surface area contributed by atoms with Gasteiger partial charge >= 0.3 is 0 Å². The molecule has 0 aromatic heterocycles. The Morgan fingerprint density at radius 2 is 1.74 bits per heavy atom. The molecular weight excluding hydrogens is 308 g/mol. The van der Waals surface area contributed by atoms with Crippen LogP contribution in [-0.4, -0.2) is 75.1 Å². The van der Waals surface area contributed by atoms with Crippen molar-refractivity contribution in [1.82, 2.24) is 0 Å². The summed E-state index contributed by atoms with van der Waals surface area (Å²) in [6.45, 7) is 0.748. The summed E-state index contributed by atoms with van der Waals surface area (Å²) in [5.41, 5.74) is 1.01. The maximum absolute atomic E-state index is 10.8. The second kappa shape index (κ2) is 8.18. The van der Waals surface area contributed by atoms with Crippen molar-refractivity contribution in [3.05, 3.63) is 33.9 Å². The van der Waals surface area contributed by atoms with Gasteiger partial charge in [-0.2, -0.15) is 0 Å². The van der Waals surface area contributed by atoms with Crippen molar-refractivity contribution >= 4 is 11.4 Å². The number of aliphatic hydroxyl groups is 5. The third-order valence-corrected chi connectivity index (χ3v) is 3.60. The number of nitro groups is 1. The van der Waals surface area contributed by atoms with Crippen LogP contribution in [0, 0.1) is 17.0 Å². The molecule has 5 N–H and O–H groups in total. The van der Waals surface area contributed by atoms with Crippen molar-refractivity contribution in [2.45, 2.75) is 31.3 Å². The third-order valence-electron chi connectivity index (χ3n) is 3.60. The Labute approximate surface area is 133 Å². The molecule has 0 aliphatic heterocycles. The maximum atomic E-state index is 10.8. The average molecular weight is 330 g/mol. The SMILES string of the molecule is Cc1cc(N(C)C[C@H](O)[C@@H](O)[C@@H](O)[C@H](O)CO)ccc1[N+](=O)[O-]. The van der Waals surface area contributed by atoms with Crippen molar-refractivity contribution in [3.63, 3.8) is 0 Å². The zero-order valence-corrected chi connectivity index (χ0v) is 12.9. The molecule has 0 aliphatic carbocycles. The number of rotatable bonds is 8. The molecule has 0 saturated carbocycles. The van der Waals surface area contributed by atoms with Gasteiger partial charge in [0.25, 0.3) is 5.69 Å². The van der Waals surface area contributed by atoms with E-state index in [1.165, 1.54) is 12.1 Å². The summed E-state index contributed by atoms with van der Waals surface area (Å²) in [5.74, 6) is 0. The first-order chi connectivity index (χ1) is 10.7. The van der Waals surface area contributed by atoms with E-state index < -0.39 is 35.9 Å². The molecule has 0 bridgehead atoms. The number of hydrogen-bond acceptors (Lipinski definition) is 8. The van der Waals surface area contributed by atoms with Gasteiger partial charge in [-0.05, 0) is 19.1 Å². The minimum atomic E-state index is -1.69. The molecule has 0 heterocycles. The van der Waals surface area contributed by atoms with E-state index in [9.17, 15) is 30.5 Å². The fourth-order valence-electron chi connectivity index (χ4n) is 2.14. The molecule has 9 heteroatoms. The molecule has 23 heavy (non-hydrogen) atoms. The normalized spacial score (nSPS) is 16.5. The highest BCUT2D eigenvalue weighted by Crippen LogP contribution is 2.24. The lowest BCUT2D eigenvalue weighted by atomic mass is 10.0. The molecule has 9 nitrogen and oxygen atoms in total. The summed E-state index contributed by atoms with van der Waals surface area (Å²) in [7, 11) is 1.60. The average Bonchev–Trinajstić information content (AvgIpc) is 2.51. The first-order valence-corrected chi connectivity index (χ1v) is 6.98. The lowest BCUT2D eigenvalue weighted by molar-refractivity contribution is -0.385. The number of benzene rings is 1. The minimum Gasteiger partial charge on any atom is -0.394 e. The van der Waals surface area contributed by atoms with E-state index in [4.69, 9.17) is 5.11 Å². The van der Waals surface area contributed by atoms with Crippen LogP contribution in [0.1, 0.15) is 5.56 Å². The third kappa shape index (κ3) is 4.85. The topological polar surface area (TPSA) is 148 Å². The highest BCUT2D eigenvalue weighted by Gasteiger charge is 2.30. The lowest BCUT2D eigenvalue weighted by Crippen LogP contribution is -2.49. The minimum absolute atomic E-state index is 0.0239. The fourth-order valence-corrected chi connectivity index (χ4v) is 2.14. The van der Waals surface area contributed by atoms with Crippen LogP contribution in [0.25, 0.3) is 0 Å². The molecule has 1 rings (SSSR count). The molecule has 0 unspecified atom stereocenters. The first kappa shape index (κ1) is 19.3. The van der Waals surface area contributed by atoms with E-state index >= 15 is 0 Å². The van der Waals surface area contributed by atoms with Crippen LogP contribution >= 0.6 is 0 Å². The van der Waals surface area contributed by atoms with Gasteiger partial charge in [0.1, 0.15) is 18.3 Å². The molecule has 0 fully saturated rings. The van der Waals surface area contributed by atoms with E-state index in [-0.39, 0.29) is 12.2 Å². The number of likely N-dealkylation sites (N-methyl/N-ethyl adjacent to an activating group) is 1. The van der Waals surface area contributed by atoms with Gasteiger partial charge in [-0.3, -0.25) is 10.1 Å². The fraction of sp³-hybridized carbons (Fsp3) is 0.571. The van der Waals surface area contributed by atoms with Gasteiger partial charge < -0.3 is 30.4 Å². The predicted molar refractivity (Wildman–Crippen MR) is 82.2 cm³/mol. The van der Waals surface area contributed by atoms with Crippen molar-refractivity contribution in [1.29, 1.82) is 0 Å². The Hall–Kier alpha value is -1.78. The maximum Gasteiger partial charge on any atom is 0.272 e. The van der Waals surface area contributed by atoms with E-state index in [1.54, 1.807) is 24.9 Å². The van der Waals surface area contributed by atoms with Gasteiger partial charge in [-0.15, -0.1) is 0 Å². The summed E-state index contributed by atoms with van der Waals surface area (Å²) in [6.07, 6.45) is -6.31.